The van der Waals surface area contributed by atoms with E-state index in [2.05, 4.69) is 25.8 Å². The summed E-state index contributed by atoms with van der Waals surface area (Å²) in [5, 5.41) is 14.9. The fourth-order valence-corrected chi connectivity index (χ4v) is 3.30. The molecule has 2 aromatic heterocycles. The SMILES string of the molecule is O=C(NCc1cccnc1Oc1cccc(F)c1)Nc1nnc(C2CC2)s1. The minimum atomic E-state index is -0.398. The zero-order valence-corrected chi connectivity index (χ0v) is 15.0. The molecule has 9 heteroatoms. The highest BCUT2D eigenvalue weighted by atomic mass is 32.1. The summed E-state index contributed by atoms with van der Waals surface area (Å²) in [6.45, 7) is 0.193. The van der Waals surface area contributed by atoms with Crippen molar-refractivity contribution in [2.45, 2.75) is 25.3 Å². The molecular weight excluding hydrogens is 369 g/mol. The Morgan fingerprint density at radius 2 is 2.15 bits per heavy atom. The first-order valence-corrected chi connectivity index (χ1v) is 9.24. The molecule has 2 N–H and O–H groups in total. The Kier molecular flexibility index (Phi) is 4.93. The van der Waals surface area contributed by atoms with Crippen LogP contribution < -0.4 is 15.4 Å². The van der Waals surface area contributed by atoms with Gasteiger partial charge < -0.3 is 10.1 Å². The Bertz CT molecular complexity index is 960. The van der Waals surface area contributed by atoms with Crippen molar-refractivity contribution in [2.75, 3.05) is 5.32 Å². The molecule has 1 aromatic carbocycles. The van der Waals surface area contributed by atoms with Gasteiger partial charge in [-0.1, -0.05) is 23.5 Å². The van der Waals surface area contributed by atoms with Crippen molar-refractivity contribution in [3.8, 4) is 11.6 Å². The molecule has 2 amide bonds. The number of hydrogen-bond donors (Lipinski definition) is 2. The first kappa shape index (κ1) is 17.3. The standard InChI is InChI=1S/C18H16FN5O2S/c19-13-4-1-5-14(9-13)26-15-12(3-2-8-20-15)10-21-17(25)22-18-24-23-16(27-18)11-6-7-11/h1-5,8-9,11H,6-7,10H2,(H2,21,22,24,25). The van der Waals surface area contributed by atoms with Crippen molar-refractivity contribution in [3.63, 3.8) is 0 Å². The van der Waals surface area contributed by atoms with Gasteiger partial charge in [0, 0.05) is 30.3 Å². The number of amides is 2. The average molecular weight is 385 g/mol. The molecule has 0 saturated heterocycles. The van der Waals surface area contributed by atoms with E-state index < -0.39 is 11.8 Å². The maximum Gasteiger partial charge on any atom is 0.321 e. The third-order valence-electron chi connectivity index (χ3n) is 3.89. The summed E-state index contributed by atoms with van der Waals surface area (Å²) < 4.78 is 18.9. The Morgan fingerprint density at radius 1 is 1.26 bits per heavy atom. The highest BCUT2D eigenvalue weighted by molar-refractivity contribution is 7.15. The van der Waals surface area contributed by atoms with E-state index in [9.17, 15) is 9.18 Å². The summed E-state index contributed by atoms with van der Waals surface area (Å²) in [5.41, 5.74) is 0.660. The number of nitrogens with one attached hydrogen (secondary N) is 2. The molecule has 27 heavy (non-hydrogen) atoms. The fourth-order valence-electron chi connectivity index (χ4n) is 2.39. The van der Waals surface area contributed by atoms with Crippen molar-refractivity contribution in [2.24, 2.45) is 0 Å². The highest BCUT2D eigenvalue weighted by Crippen LogP contribution is 2.42. The number of carbonyl (C=O) groups excluding carboxylic acids is 1. The third-order valence-corrected chi connectivity index (χ3v) is 4.89. The van der Waals surface area contributed by atoms with Crippen LogP contribution in [0.15, 0.2) is 42.6 Å². The Balaban J connectivity index is 1.36. The number of ether oxygens (including phenoxy) is 1. The van der Waals surface area contributed by atoms with Gasteiger partial charge in [-0.25, -0.2) is 14.2 Å². The molecule has 0 spiro atoms. The molecule has 1 aliphatic carbocycles. The van der Waals surface area contributed by atoms with E-state index in [0.717, 1.165) is 17.8 Å². The van der Waals surface area contributed by atoms with Gasteiger partial charge in [0.05, 0.1) is 0 Å². The van der Waals surface area contributed by atoms with Crippen LogP contribution in [0.5, 0.6) is 11.6 Å². The lowest BCUT2D eigenvalue weighted by Gasteiger charge is -2.11. The number of carbonyl (C=O) groups is 1. The number of hydrogen-bond acceptors (Lipinski definition) is 6. The van der Waals surface area contributed by atoms with Gasteiger partial charge in [0.25, 0.3) is 0 Å². The second-order valence-electron chi connectivity index (χ2n) is 6.05. The number of rotatable bonds is 6. The Labute approximate surface area is 158 Å². The van der Waals surface area contributed by atoms with Gasteiger partial charge in [-0.2, -0.15) is 0 Å². The van der Waals surface area contributed by atoms with Crippen LogP contribution in [0.25, 0.3) is 0 Å². The largest absolute Gasteiger partial charge is 0.439 e. The summed E-state index contributed by atoms with van der Waals surface area (Å²) >= 11 is 1.39. The average Bonchev–Trinajstić information content (AvgIpc) is 3.41. The number of urea groups is 1. The zero-order valence-electron chi connectivity index (χ0n) is 14.2. The molecule has 0 bridgehead atoms. The molecule has 1 saturated carbocycles. The van der Waals surface area contributed by atoms with Gasteiger partial charge in [-0.3, -0.25) is 5.32 Å². The number of aromatic nitrogens is 3. The molecule has 7 nitrogen and oxygen atoms in total. The predicted octanol–water partition coefficient (Wildman–Crippen LogP) is 4.06. The molecule has 0 unspecified atom stereocenters. The molecule has 0 radical (unpaired) electrons. The summed E-state index contributed by atoms with van der Waals surface area (Å²) in [4.78, 5) is 16.3. The van der Waals surface area contributed by atoms with Gasteiger partial charge in [0.15, 0.2) is 0 Å². The molecule has 2 heterocycles. The van der Waals surface area contributed by atoms with Crippen LogP contribution in [0, 0.1) is 5.82 Å². The molecule has 0 atom stereocenters. The normalized spacial score (nSPS) is 13.2. The molecular formula is C18H16FN5O2S. The van der Waals surface area contributed by atoms with Crippen LogP contribution >= 0.6 is 11.3 Å². The number of nitrogens with zero attached hydrogens (tertiary/aromatic N) is 3. The summed E-state index contributed by atoms with van der Waals surface area (Å²) in [5.74, 6) is 0.736. The Hall–Kier alpha value is -3.07. The van der Waals surface area contributed by atoms with Gasteiger partial charge in [0.2, 0.25) is 11.0 Å². The van der Waals surface area contributed by atoms with Gasteiger partial charge in [-0.05, 0) is 31.0 Å². The number of pyridine rings is 1. The number of benzene rings is 1. The molecule has 1 aliphatic rings. The fraction of sp³-hybridized carbons (Fsp3) is 0.222. The van der Waals surface area contributed by atoms with Crippen LogP contribution in [0.4, 0.5) is 14.3 Å². The van der Waals surface area contributed by atoms with Crippen molar-refractivity contribution in [1.82, 2.24) is 20.5 Å². The van der Waals surface area contributed by atoms with Crippen molar-refractivity contribution >= 4 is 22.5 Å². The van der Waals surface area contributed by atoms with E-state index in [1.165, 1.54) is 23.5 Å². The lowest BCUT2D eigenvalue weighted by molar-refractivity contribution is 0.251. The molecule has 0 aliphatic heterocycles. The maximum atomic E-state index is 13.3. The lowest BCUT2D eigenvalue weighted by Crippen LogP contribution is -2.28. The molecule has 1 fully saturated rings. The molecule has 4 rings (SSSR count). The second-order valence-corrected chi connectivity index (χ2v) is 7.06. The minimum Gasteiger partial charge on any atom is -0.439 e. The monoisotopic (exact) mass is 385 g/mol. The summed E-state index contributed by atoms with van der Waals surface area (Å²) in [6, 6.07) is 8.91. The van der Waals surface area contributed by atoms with E-state index in [4.69, 9.17) is 4.74 Å². The first-order chi connectivity index (χ1) is 13.2. The van der Waals surface area contributed by atoms with Gasteiger partial charge in [0.1, 0.15) is 16.6 Å². The van der Waals surface area contributed by atoms with Crippen LogP contribution in [-0.2, 0) is 6.54 Å². The summed E-state index contributed by atoms with van der Waals surface area (Å²) in [7, 11) is 0. The summed E-state index contributed by atoms with van der Waals surface area (Å²) in [6.07, 6.45) is 3.84. The van der Waals surface area contributed by atoms with E-state index in [1.54, 1.807) is 30.5 Å². The van der Waals surface area contributed by atoms with Gasteiger partial charge in [-0.15, -0.1) is 10.2 Å². The second kappa shape index (κ2) is 7.67. The van der Waals surface area contributed by atoms with Crippen LogP contribution in [0.2, 0.25) is 0 Å². The third kappa shape index (κ3) is 4.56. The zero-order chi connectivity index (χ0) is 18.6. The Morgan fingerprint density at radius 3 is 2.96 bits per heavy atom. The number of anilines is 1. The first-order valence-electron chi connectivity index (χ1n) is 8.43. The van der Waals surface area contributed by atoms with Crippen molar-refractivity contribution < 1.29 is 13.9 Å². The van der Waals surface area contributed by atoms with Crippen LogP contribution in [0.1, 0.15) is 29.3 Å². The topological polar surface area (TPSA) is 89.0 Å². The van der Waals surface area contributed by atoms with Gasteiger partial charge >= 0.3 is 6.03 Å². The minimum absolute atomic E-state index is 0.193. The quantitative estimate of drug-likeness (QED) is 0.668. The van der Waals surface area contributed by atoms with E-state index in [-0.39, 0.29) is 6.54 Å². The van der Waals surface area contributed by atoms with Crippen molar-refractivity contribution in [3.05, 3.63) is 59.0 Å². The molecule has 138 valence electrons. The van der Waals surface area contributed by atoms with E-state index in [0.29, 0.717) is 28.2 Å². The van der Waals surface area contributed by atoms with E-state index >= 15 is 0 Å². The lowest BCUT2D eigenvalue weighted by atomic mass is 10.2. The maximum absolute atomic E-state index is 13.3. The van der Waals surface area contributed by atoms with Crippen LogP contribution in [0.3, 0.4) is 0 Å². The highest BCUT2D eigenvalue weighted by Gasteiger charge is 2.27. The van der Waals surface area contributed by atoms with E-state index in [1.807, 2.05) is 0 Å². The van der Waals surface area contributed by atoms with Crippen molar-refractivity contribution in [1.29, 1.82) is 0 Å². The number of halogens is 1. The van der Waals surface area contributed by atoms with Crippen LogP contribution in [-0.4, -0.2) is 21.2 Å². The predicted molar refractivity (Wildman–Crippen MR) is 98.5 cm³/mol. The molecule has 3 aromatic rings. The smallest absolute Gasteiger partial charge is 0.321 e.